The first-order valence-corrected chi connectivity index (χ1v) is 9.69. The molecule has 1 amide bonds. The Morgan fingerprint density at radius 3 is 2.69 bits per heavy atom. The van der Waals surface area contributed by atoms with Crippen LogP contribution in [-0.4, -0.2) is 16.0 Å². The largest absolute Gasteiger partial charge is 0.507 e. The summed E-state index contributed by atoms with van der Waals surface area (Å²) in [5.74, 6) is -0.130. The van der Waals surface area contributed by atoms with Crippen LogP contribution < -0.4 is 5.32 Å². The standard InChI is InChI=1S/C22H16Cl2N2O3/c1-2-12-3-8-20-18(9-12)26-22(29-20)16-11-14(5-7-19(16)27)25-21(28)15-6-4-13(23)10-17(15)24/h3-11,27H,2H2,1H3,(H,25,28). The molecule has 7 heteroatoms. The third kappa shape index (κ3) is 3.92. The van der Waals surface area contributed by atoms with E-state index in [0.717, 1.165) is 12.0 Å². The minimum Gasteiger partial charge on any atom is -0.507 e. The van der Waals surface area contributed by atoms with Gasteiger partial charge in [-0.15, -0.1) is 0 Å². The van der Waals surface area contributed by atoms with E-state index in [-0.39, 0.29) is 16.7 Å². The van der Waals surface area contributed by atoms with Gasteiger partial charge in [0.1, 0.15) is 11.3 Å². The number of hydrogen-bond acceptors (Lipinski definition) is 4. The van der Waals surface area contributed by atoms with Gasteiger partial charge in [0, 0.05) is 10.7 Å². The van der Waals surface area contributed by atoms with E-state index in [1.54, 1.807) is 24.3 Å². The predicted molar refractivity (Wildman–Crippen MR) is 115 cm³/mol. The first-order chi connectivity index (χ1) is 13.9. The average molecular weight is 427 g/mol. The number of halogens is 2. The number of hydrogen-bond donors (Lipinski definition) is 2. The number of aryl methyl sites for hydroxylation is 1. The topological polar surface area (TPSA) is 75.4 Å². The number of fused-ring (bicyclic) bond motifs is 1. The molecule has 4 rings (SSSR count). The van der Waals surface area contributed by atoms with Crippen LogP contribution in [0.25, 0.3) is 22.6 Å². The van der Waals surface area contributed by atoms with Crippen LogP contribution in [0.4, 0.5) is 5.69 Å². The molecule has 0 atom stereocenters. The van der Waals surface area contributed by atoms with Gasteiger partial charge in [-0.2, -0.15) is 0 Å². The van der Waals surface area contributed by atoms with Gasteiger partial charge in [-0.3, -0.25) is 4.79 Å². The molecule has 1 aromatic heterocycles. The number of aromatic nitrogens is 1. The van der Waals surface area contributed by atoms with Crippen molar-refractivity contribution in [1.29, 1.82) is 0 Å². The first-order valence-electron chi connectivity index (χ1n) is 8.94. The van der Waals surface area contributed by atoms with Crippen molar-refractivity contribution in [2.45, 2.75) is 13.3 Å². The number of benzene rings is 3. The second-order valence-electron chi connectivity index (χ2n) is 6.48. The molecule has 3 aromatic carbocycles. The molecule has 4 aromatic rings. The van der Waals surface area contributed by atoms with Crippen LogP contribution in [0.5, 0.6) is 5.75 Å². The highest BCUT2D eigenvalue weighted by molar-refractivity contribution is 6.37. The number of nitrogens with one attached hydrogen (secondary N) is 1. The van der Waals surface area contributed by atoms with Crippen LogP contribution in [0.2, 0.25) is 10.0 Å². The van der Waals surface area contributed by atoms with Crippen molar-refractivity contribution < 1.29 is 14.3 Å². The van der Waals surface area contributed by atoms with E-state index in [4.69, 9.17) is 27.6 Å². The molecule has 0 aliphatic rings. The minimum absolute atomic E-state index is 0.00482. The third-order valence-electron chi connectivity index (χ3n) is 4.52. The Bertz CT molecular complexity index is 1230. The summed E-state index contributed by atoms with van der Waals surface area (Å²) in [5, 5.41) is 13.7. The number of oxazole rings is 1. The molecule has 0 fully saturated rings. The zero-order valence-electron chi connectivity index (χ0n) is 15.4. The van der Waals surface area contributed by atoms with Crippen molar-refractivity contribution >= 4 is 45.9 Å². The summed E-state index contributed by atoms with van der Waals surface area (Å²) in [4.78, 5) is 17.0. The highest BCUT2D eigenvalue weighted by Crippen LogP contribution is 2.34. The van der Waals surface area contributed by atoms with E-state index >= 15 is 0 Å². The summed E-state index contributed by atoms with van der Waals surface area (Å²) < 4.78 is 5.79. The van der Waals surface area contributed by atoms with Gasteiger partial charge in [0.25, 0.3) is 5.91 Å². The van der Waals surface area contributed by atoms with Crippen LogP contribution in [0.3, 0.4) is 0 Å². The maximum Gasteiger partial charge on any atom is 0.257 e. The molecular formula is C22H16Cl2N2O3. The SMILES string of the molecule is CCc1ccc2oc(-c3cc(NC(=O)c4ccc(Cl)cc4Cl)ccc3O)nc2c1. The van der Waals surface area contributed by atoms with Gasteiger partial charge in [0.15, 0.2) is 5.58 Å². The molecule has 0 spiro atoms. The summed E-state index contributed by atoms with van der Waals surface area (Å²) in [7, 11) is 0. The second kappa shape index (κ2) is 7.78. The number of anilines is 1. The van der Waals surface area contributed by atoms with Crippen LogP contribution in [0, 0.1) is 0 Å². The maximum absolute atomic E-state index is 12.6. The monoisotopic (exact) mass is 426 g/mol. The van der Waals surface area contributed by atoms with Crippen molar-refractivity contribution in [2.75, 3.05) is 5.32 Å². The Hall–Kier alpha value is -3.02. The van der Waals surface area contributed by atoms with Crippen molar-refractivity contribution in [2.24, 2.45) is 0 Å². The number of carbonyl (C=O) groups excluding carboxylic acids is 1. The molecular weight excluding hydrogens is 411 g/mol. The maximum atomic E-state index is 12.6. The third-order valence-corrected chi connectivity index (χ3v) is 5.07. The van der Waals surface area contributed by atoms with Gasteiger partial charge in [0.2, 0.25) is 5.89 Å². The van der Waals surface area contributed by atoms with Gasteiger partial charge in [-0.05, 0) is 60.5 Å². The van der Waals surface area contributed by atoms with Gasteiger partial charge < -0.3 is 14.8 Å². The van der Waals surface area contributed by atoms with E-state index in [1.807, 2.05) is 18.2 Å². The normalized spacial score (nSPS) is 11.0. The molecule has 0 radical (unpaired) electrons. The van der Waals surface area contributed by atoms with Crippen LogP contribution in [-0.2, 0) is 6.42 Å². The summed E-state index contributed by atoms with van der Waals surface area (Å²) in [6.07, 6.45) is 0.887. The lowest BCUT2D eigenvalue weighted by molar-refractivity contribution is 0.102. The van der Waals surface area contributed by atoms with Crippen LogP contribution >= 0.6 is 23.2 Å². The molecule has 0 aliphatic carbocycles. The Kier molecular flexibility index (Phi) is 5.18. The number of carbonyl (C=O) groups is 1. The Morgan fingerprint density at radius 1 is 1.10 bits per heavy atom. The molecule has 0 aliphatic heterocycles. The molecule has 2 N–H and O–H groups in total. The first kappa shape index (κ1) is 19.3. The smallest absolute Gasteiger partial charge is 0.257 e. The summed E-state index contributed by atoms with van der Waals surface area (Å²) >= 11 is 12.0. The van der Waals surface area contributed by atoms with Crippen LogP contribution in [0.1, 0.15) is 22.8 Å². The van der Waals surface area contributed by atoms with E-state index in [9.17, 15) is 9.90 Å². The lowest BCUT2D eigenvalue weighted by atomic mass is 10.1. The molecule has 0 saturated carbocycles. The minimum atomic E-state index is -0.395. The zero-order valence-corrected chi connectivity index (χ0v) is 16.9. The number of amides is 1. The van der Waals surface area contributed by atoms with Gasteiger partial charge in [-0.1, -0.05) is 36.2 Å². The summed E-state index contributed by atoms with van der Waals surface area (Å²) in [6.45, 7) is 2.06. The van der Waals surface area contributed by atoms with Gasteiger partial charge in [-0.25, -0.2) is 4.98 Å². The van der Waals surface area contributed by atoms with Crippen molar-refractivity contribution in [3.63, 3.8) is 0 Å². The molecule has 5 nitrogen and oxygen atoms in total. The molecule has 146 valence electrons. The van der Waals surface area contributed by atoms with Crippen molar-refractivity contribution in [1.82, 2.24) is 4.98 Å². The highest BCUT2D eigenvalue weighted by Gasteiger charge is 2.16. The fraction of sp³-hybridized carbons (Fsp3) is 0.0909. The molecule has 0 saturated heterocycles. The number of phenols is 1. The van der Waals surface area contributed by atoms with Crippen molar-refractivity contribution in [3.8, 4) is 17.2 Å². The summed E-state index contributed by atoms with van der Waals surface area (Å²) in [5.41, 5.74) is 3.60. The van der Waals surface area contributed by atoms with Gasteiger partial charge >= 0.3 is 0 Å². The lowest BCUT2D eigenvalue weighted by Gasteiger charge is -2.09. The highest BCUT2D eigenvalue weighted by atomic mass is 35.5. The quantitative estimate of drug-likeness (QED) is 0.374. The molecule has 0 bridgehead atoms. The van der Waals surface area contributed by atoms with E-state index < -0.39 is 5.91 Å². The number of phenolic OH excluding ortho intramolecular Hbond substituents is 1. The number of rotatable bonds is 4. The van der Waals surface area contributed by atoms with E-state index in [2.05, 4.69) is 17.2 Å². The van der Waals surface area contributed by atoms with Crippen molar-refractivity contribution in [3.05, 3.63) is 75.8 Å². The fourth-order valence-electron chi connectivity index (χ4n) is 2.97. The Balaban J connectivity index is 1.66. The fourth-order valence-corrected chi connectivity index (χ4v) is 3.46. The summed E-state index contributed by atoms with van der Waals surface area (Å²) in [6, 6.07) is 15.1. The average Bonchev–Trinajstić information content (AvgIpc) is 3.12. The molecule has 1 heterocycles. The number of aromatic hydroxyl groups is 1. The number of nitrogens with zero attached hydrogens (tertiary/aromatic N) is 1. The van der Waals surface area contributed by atoms with E-state index in [1.165, 1.54) is 12.1 Å². The Labute approximate surface area is 176 Å². The second-order valence-corrected chi connectivity index (χ2v) is 7.33. The zero-order chi connectivity index (χ0) is 20.5. The Morgan fingerprint density at radius 2 is 1.93 bits per heavy atom. The predicted octanol–water partition coefficient (Wildman–Crippen LogP) is 6.32. The van der Waals surface area contributed by atoms with Gasteiger partial charge in [0.05, 0.1) is 16.1 Å². The molecule has 0 unspecified atom stereocenters. The van der Waals surface area contributed by atoms with E-state index in [0.29, 0.717) is 32.9 Å². The van der Waals surface area contributed by atoms with Crippen LogP contribution in [0.15, 0.2) is 59.0 Å². The molecule has 29 heavy (non-hydrogen) atoms. The lowest BCUT2D eigenvalue weighted by Crippen LogP contribution is -2.12.